The van der Waals surface area contributed by atoms with Crippen LogP contribution in [0.4, 0.5) is 0 Å². The van der Waals surface area contributed by atoms with E-state index in [9.17, 15) is 4.79 Å². The Morgan fingerprint density at radius 1 is 1.32 bits per heavy atom. The number of hydrogen-bond donors (Lipinski definition) is 2. The molecule has 2 heterocycles. The maximum Gasteiger partial charge on any atom is 0.240 e. The molecule has 0 radical (unpaired) electrons. The van der Waals surface area contributed by atoms with Crippen LogP contribution in [0.15, 0.2) is 0 Å². The van der Waals surface area contributed by atoms with Crippen LogP contribution in [0.1, 0.15) is 19.3 Å². The Kier molecular flexibility index (Phi) is 3.77. The highest BCUT2D eigenvalue weighted by Crippen LogP contribution is 2.35. The van der Waals surface area contributed by atoms with E-state index >= 15 is 0 Å². The molecule has 3 aliphatic rings. The van der Waals surface area contributed by atoms with Crippen molar-refractivity contribution in [2.24, 2.45) is 5.73 Å². The number of amides is 1. The monoisotopic (exact) mass is 285 g/mol. The lowest BCUT2D eigenvalue weighted by atomic mass is 9.95. The summed E-state index contributed by atoms with van der Waals surface area (Å²) >= 11 is 1.98. The number of carbonyl (C=O) groups excluding carboxylic acids is 1. The van der Waals surface area contributed by atoms with Crippen LogP contribution < -0.4 is 11.1 Å². The number of carbonyl (C=O) groups is 1. The normalized spacial score (nSPS) is 34.2. The summed E-state index contributed by atoms with van der Waals surface area (Å²) in [6.45, 7) is 4.30. The zero-order chi connectivity index (χ0) is 13.3. The minimum atomic E-state index is -0.558. The molecule has 2 aliphatic heterocycles. The van der Waals surface area contributed by atoms with Gasteiger partial charge in [-0.05, 0) is 25.0 Å². The summed E-state index contributed by atoms with van der Waals surface area (Å²) in [5, 5.41) is 3.11. The average molecular weight is 285 g/mol. The highest BCUT2D eigenvalue weighted by molar-refractivity contribution is 7.99. The van der Waals surface area contributed by atoms with Crippen LogP contribution in [0.25, 0.3) is 0 Å². The molecule has 19 heavy (non-hydrogen) atoms. The largest absolute Gasteiger partial charge is 0.379 e. The van der Waals surface area contributed by atoms with Gasteiger partial charge in [0.1, 0.15) is 0 Å². The van der Waals surface area contributed by atoms with Crippen molar-refractivity contribution >= 4 is 17.7 Å². The lowest BCUT2D eigenvalue weighted by molar-refractivity contribution is -0.124. The van der Waals surface area contributed by atoms with E-state index in [-0.39, 0.29) is 11.4 Å². The van der Waals surface area contributed by atoms with Crippen molar-refractivity contribution < 1.29 is 9.53 Å². The van der Waals surface area contributed by atoms with E-state index in [1.807, 2.05) is 11.8 Å². The smallest absolute Gasteiger partial charge is 0.240 e. The van der Waals surface area contributed by atoms with Crippen molar-refractivity contribution in [3.8, 4) is 0 Å². The van der Waals surface area contributed by atoms with Gasteiger partial charge in [0.15, 0.2) is 0 Å². The second-order valence-corrected chi connectivity index (χ2v) is 7.07. The number of ether oxygens (including phenoxy) is 1. The Balaban J connectivity index is 1.61. The molecule has 6 heteroatoms. The lowest BCUT2D eigenvalue weighted by Crippen LogP contribution is -2.60. The molecule has 108 valence electrons. The van der Waals surface area contributed by atoms with Gasteiger partial charge in [0.2, 0.25) is 5.91 Å². The van der Waals surface area contributed by atoms with Gasteiger partial charge in [-0.2, -0.15) is 11.8 Å². The molecule has 3 N–H and O–H groups in total. The molecule has 0 aromatic rings. The summed E-state index contributed by atoms with van der Waals surface area (Å²) in [6.07, 6.45) is 2.81. The summed E-state index contributed by atoms with van der Waals surface area (Å²) in [4.78, 5) is 14.5. The number of nitrogens with two attached hydrogens (primary N) is 1. The third-order valence-electron chi connectivity index (χ3n) is 4.58. The first-order chi connectivity index (χ1) is 9.15. The molecular formula is C13H23N3O2S. The summed E-state index contributed by atoms with van der Waals surface area (Å²) < 4.78 is 5.44. The van der Waals surface area contributed by atoms with Gasteiger partial charge in [0, 0.05) is 30.9 Å². The van der Waals surface area contributed by atoms with Crippen molar-refractivity contribution in [3.05, 3.63) is 0 Å². The number of thioether (sulfide) groups is 1. The van der Waals surface area contributed by atoms with Crippen LogP contribution in [-0.4, -0.2) is 66.2 Å². The highest BCUT2D eigenvalue weighted by Gasteiger charge is 2.47. The van der Waals surface area contributed by atoms with Crippen molar-refractivity contribution in [2.45, 2.75) is 30.3 Å². The average Bonchev–Trinajstić information content (AvgIpc) is 3.03. The second-order valence-electron chi connectivity index (χ2n) is 5.97. The molecule has 0 aromatic carbocycles. The molecule has 0 aromatic heterocycles. The van der Waals surface area contributed by atoms with Crippen molar-refractivity contribution in [2.75, 3.05) is 44.4 Å². The Bertz CT molecular complexity index is 348. The maximum absolute atomic E-state index is 12.0. The first kappa shape index (κ1) is 13.7. The van der Waals surface area contributed by atoms with E-state index in [4.69, 9.17) is 10.5 Å². The SMILES string of the molecule is NC1(C(=O)NCC2(N3CCOCC3)CCSC2)CC1. The molecule has 1 saturated carbocycles. The molecule has 1 unspecified atom stereocenters. The Morgan fingerprint density at radius 3 is 2.63 bits per heavy atom. The van der Waals surface area contributed by atoms with Crippen LogP contribution in [0, 0.1) is 0 Å². The van der Waals surface area contributed by atoms with E-state index in [2.05, 4.69) is 10.2 Å². The van der Waals surface area contributed by atoms with Crippen LogP contribution in [0.5, 0.6) is 0 Å². The van der Waals surface area contributed by atoms with Crippen LogP contribution >= 0.6 is 11.8 Å². The molecule has 3 fully saturated rings. The first-order valence-corrected chi connectivity index (χ1v) is 8.28. The van der Waals surface area contributed by atoms with E-state index in [0.717, 1.165) is 57.9 Å². The molecule has 2 saturated heterocycles. The molecule has 1 atom stereocenters. The van der Waals surface area contributed by atoms with Crippen molar-refractivity contribution in [1.29, 1.82) is 0 Å². The van der Waals surface area contributed by atoms with Gasteiger partial charge < -0.3 is 15.8 Å². The summed E-state index contributed by atoms with van der Waals surface area (Å²) in [7, 11) is 0. The third-order valence-corrected chi connectivity index (χ3v) is 5.82. The summed E-state index contributed by atoms with van der Waals surface area (Å²) in [5.74, 6) is 2.32. The van der Waals surface area contributed by atoms with Crippen molar-refractivity contribution in [1.82, 2.24) is 10.2 Å². The number of morpholine rings is 1. The predicted octanol–water partition coefficient (Wildman–Crippen LogP) is -0.198. The maximum atomic E-state index is 12.0. The van der Waals surface area contributed by atoms with Crippen molar-refractivity contribution in [3.63, 3.8) is 0 Å². The molecule has 0 bridgehead atoms. The summed E-state index contributed by atoms with van der Waals surface area (Å²) in [5.41, 5.74) is 5.51. The molecule has 0 spiro atoms. The number of hydrogen-bond acceptors (Lipinski definition) is 5. The molecule has 1 amide bonds. The molecular weight excluding hydrogens is 262 g/mol. The minimum absolute atomic E-state index is 0.0389. The van der Waals surface area contributed by atoms with Gasteiger partial charge in [-0.15, -0.1) is 0 Å². The Labute approximate surface area is 118 Å². The van der Waals surface area contributed by atoms with Gasteiger partial charge in [-0.25, -0.2) is 0 Å². The zero-order valence-corrected chi connectivity index (χ0v) is 12.1. The third kappa shape index (κ3) is 2.77. The minimum Gasteiger partial charge on any atom is -0.379 e. The predicted molar refractivity (Wildman–Crippen MR) is 76.2 cm³/mol. The van der Waals surface area contributed by atoms with E-state index < -0.39 is 5.54 Å². The first-order valence-electron chi connectivity index (χ1n) is 7.12. The van der Waals surface area contributed by atoms with E-state index in [0.29, 0.717) is 0 Å². The van der Waals surface area contributed by atoms with Gasteiger partial charge in [-0.1, -0.05) is 0 Å². The zero-order valence-electron chi connectivity index (χ0n) is 11.3. The fourth-order valence-corrected chi connectivity index (χ4v) is 4.39. The Hall–Kier alpha value is -0.300. The molecule has 5 nitrogen and oxygen atoms in total. The van der Waals surface area contributed by atoms with Gasteiger partial charge >= 0.3 is 0 Å². The topological polar surface area (TPSA) is 67.6 Å². The van der Waals surface area contributed by atoms with Gasteiger partial charge in [0.05, 0.1) is 18.8 Å². The van der Waals surface area contributed by atoms with Crippen LogP contribution in [0.2, 0.25) is 0 Å². The van der Waals surface area contributed by atoms with Crippen LogP contribution in [0.3, 0.4) is 0 Å². The van der Waals surface area contributed by atoms with Gasteiger partial charge in [-0.3, -0.25) is 9.69 Å². The fourth-order valence-electron chi connectivity index (χ4n) is 2.92. The van der Waals surface area contributed by atoms with E-state index in [1.165, 1.54) is 5.75 Å². The quantitative estimate of drug-likeness (QED) is 0.749. The molecule has 1 aliphatic carbocycles. The number of nitrogens with zero attached hydrogens (tertiary/aromatic N) is 1. The Morgan fingerprint density at radius 2 is 2.05 bits per heavy atom. The van der Waals surface area contributed by atoms with E-state index in [1.54, 1.807) is 0 Å². The standard InChI is InChI=1S/C13H23N3O2S/c14-13(1-2-13)11(17)15-9-12(3-8-19-10-12)16-4-6-18-7-5-16/h1-10,14H2,(H,15,17). The number of nitrogens with one attached hydrogen (secondary N) is 1. The second kappa shape index (κ2) is 5.24. The molecule has 3 rings (SSSR count). The van der Waals surface area contributed by atoms with Gasteiger partial charge in [0.25, 0.3) is 0 Å². The number of rotatable bonds is 4. The summed E-state index contributed by atoms with van der Waals surface area (Å²) in [6, 6.07) is 0. The highest BCUT2D eigenvalue weighted by atomic mass is 32.2. The van der Waals surface area contributed by atoms with Crippen LogP contribution in [-0.2, 0) is 9.53 Å². The fraction of sp³-hybridized carbons (Fsp3) is 0.923. The lowest BCUT2D eigenvalue weighted by Gasteiger charge is -2.43.